The predicted octanol–water partition coefficient (Wildman–Crippen LogP) is 5.49. The van der Waals surface area contributed by atoms with Crippen LogP contribution in [-0.2, 0) is 6.42 Å². The third-order valence-electron chi connectivity index (χ3n) is 3.17. The van der Waals surface area contributed by atoms with Crippen LogP contribution in [0.2, 0.25) is 5.02 Å². The molecule has 0 atom stereocenters. The summed E-state index contributed by atoms with van der Waals surface area (Å²) < 4.78 is 0. The van der Waals surface area contributed by atoms with Gasteiger partial charge in [0.2, 0.25) is 0 Å². The van der Waals surface area contributed by atoms with Gasteiger partial charge in [-0.05, 0) is 61.0 Å². The van der Waals surface area contributed by atoms with E-state index < -0.39 is 0 Å². The number of unbranched alkanes of at least 4 members (excludes halogenated alkanes) is 1. The molecule has 0 aliphatic heterocycles. The molecule has 0 spiro atoms. The average molecular weight is 319 g/mol. The molecular formula is C17H19ClN2S. The van der Waals surface area contributed by atoms with E-state index in [0.29, 0.717) is 10.1 Å². The first kappa shape index (κ1) is 15.8. The van der Waals surface area contributed by atoms with E-state index >= 15 is 0 Å². The average Bonchev–Trinajstić information content (AvgIpc) is 2.49. The molecule has 0 radical (unpaired) electrons. The predicted molar refractivity (Wildman–Crippen MR) is 96.3 cm³/mol. The second-order valence-corrected chi connectivity index (χ2v) is 5.69. The summed E-state index contributed by atoms with van der Waals surface area (Å²) >= 11 is 11.2. The summed E-state index contributed by atoms with van der Waals surface area (Å²) in [5, 5.41) is 7.73. The highest BCUT2D eigenvalue weighted by atomic mass is 35.5. The fourth-order valence-corrected chi connectivity index (χ4v) is 2.40. The zero-order chi connectivity index (χ0) is 15.1. The second-order valence-electron chi connectivity index (χ2n) is 4.85. The number of benzene rings is 2. The third kappa shape index (κ3) is 5.03. The lowest BCUT2D eigenvalue weighted by Crippen LogP contribution is -2.19. The van der Waals surface area contributed by atoms with Crippen molar-refractivity contribution in [3.8, 4) is 0 Å². The molecule has 2 nitrogen and oxygen atoms in total. The first-order valence-corrected chi connectivity index (χ1v) is 7.89. The van der Waals surface area contributed by atoms with E-state index in [4.69, 9.17) is 23.8 Å². The lowest BCUT2D eigenvalue weighted by atomic mass is 10.1. The highest BCUT2D eigenvalue weighted by Gasteiger charge is 2.04. The molecule has 0 unspecified atom stereocenters. The summed E-state index contributed by atoms with van der Waals surface area (Å²) in [4.78, 5) is 0. The molecule has 2 aromatic carbocycles. The number of para-hydroxylation sites is 1. The minimum Gasteiger partial charge on any atom is -0.332 e. The van der Waals surface area contributed by atoms with Gasteiger partial charge in [-0.25, -0.2) is 0 Å². The van der Waals surface area contributed by atoms with Crippen molar-refractivity contribution < 1.29 is 0 Å². The Balaban J connectivity index is 2.00. The molecule has 2 aromatic rings. The molecule has 0 aliphatic rings. The maximum Gasteiger partial charge on any atom is 0.175 e. The Labute approximate surface area is 136 Å². The van der Waals surface area contributed by atoms with Crippen LogP contribution in [0.15, 0.2) is 48.5 Å². The van der Waals surface area contributed by atoms with E-state index in [1.165, 1.54) is 18.4 Å². The first-order valence-electron chi connectivity index (χ1n) is 7.10. The zero-order valence-corrected chi connectivity index (χ0v) is 13.6. The molecule has 4 heteroatoms. The molecule has 0 saturated heterocycles. The van der Waals surface area contributed by atoms with Gasteiger partial charge in [0, 0.05) is 16.4 Å². The van der Waals surface area contributed by atoms with Gasteiger partial charge in [-0.1, -0.05) is 43.1 Å². The number of aryl methyl sites for hydroxylation is 1. The molecule has 0 aliphatic carbocycles. The van der Waals surface area contributed by atoms with Crippen molar-refractivity contribution in [1.82, 2.24) is 0 Å². The Hall–Kier alpha value is -1.58. The molecule has 0 aromatic heterocycles. The fourth-order valence-electron chi connectivity index (χ4n) is 2.05. The number of hydrogen-bond donors (Lipinski definition) is 2. The molecule has 110 valence electrons. The number of hydrogen-bond acceptors (Lipinski definition) is 1. The molecular weight excluding hydrogens is 300 g/mol. The van der Waals surface area contributed by atoms with Crippen LogP contribution >= 0.6 is 23.8 Å². The largest absolute Gasteiger partial charge is 0.332 e. The van der Waals surface area contributed by atoms with E-state index in [1.807, 2.05) is 30.3 Å². The maximum absolute atomic E-state index is 5.87. The summed E-state index contributed by atoms with van der Waals surface area (Å²) in [7, 11) is 0. The topological polar surface area (TPSA) is 24.1 Å². The standard InChI is InChI=1S/C17H19ClN2S/c1-2-3-6-13-7-4-5-8-16(13)20-17(21)19-15-11-9-14(18)10-12-15/h4-5,7-12H,2-3,6H2,1H3,(H2,19,20,21). The summed E-state index contributed by atoms with van der Waals surface area (Å²) in [5.74, 6) is 0. The highest BCUT2D eigenvalue weighted by Crippen LogP contribution is 2.18. The Bertz CT molecular complexity index is 596. The number of halogens is 1. The molecule has 2 rings (SSSR count). The van der Waals surface area contributed by atoms with Crippen molar-refractivity contribution in [3.63, 3.8) is 0 Å². The van der Waals surface area contributed by atoms with Crippen LogP contribution in [0.4, 0.5) is 11.4 Å². The quantitative estimate of drug-likeness (QED) is 0.713. The smallest absolute Gasteiger partial charge is 0.175 e. The van der Waals surface area contributed by atoms with E-state index in [2.05, 4.69) is 35.8 Å². The molecule has 0 fully saturated rings. The van der Waals surface area contributed by atoms with E-state index in [1.54, 1.807) is 0 Å². The van der Waals surface area contributed by atoms with Crippen molar-refractivity contribution in [1.29, 1.82) is 0 Å². The van der Waals surface area contributed by atoms with Crippen molar-refractivity contribution in [2.24, 2.45) is 0 Å². The fraction of sp³-hybridized carbons (Fsp3) is 0.235. The SMILES string of the molecule is CCCCc1ccccc1NC(=S)Nc1ccc(Cl)cc1. The maximum atomic E-state index is 5.87. The minimum absolute atomic E-state index is 0.585. The van der Waals surface area contributed by atoms with Crippen LogP contribution in [0.25, 0.3) is 0 Å². The Kier molecular flexibility index (Phi) is 6.03. The lowest BCUT2D eigenvalue weighted by Gasteiger charge is -2.14. The van der Waals surface area contributed by atoms with Gasteiger partial charge >= 0.3 is 0 Å². The van der Waals surface area contributed by atoms with Crippen LogP contribution < -0.4 is 10.6 Å². The molecule has 0 saturated carbocycles. The molecule has 2 N–H and O–H groups in total. The van der Waals surface area contributed by atoms with Gasteiger partial charge in [0.15, 0.2) is 5.11 Å². The number of nitrogens with one attached hydrogen (secondary N) is 2. The van der Waals surface area contributed by atoms with Crippen molar-refractivity contribution in [2.45, 2.75) is 26.2 Å². The van der Waals surface area contributed by atoms with Crippen molar-refractivity contribution in [3.05, 3.63) is 59.1 Å². The zero-order valence-electron chi connectivity index (χ0n) is 12.0. The molecule has 0 bridgehead atoms. The van der Waals surface area contributed by atoms with E-state index in [9.17, 15) is 0 Å². The van der Waals surface area contributed by atoms with E-state index in [-0.39, 0.29) is 0 Å². The number of thiocarbonyl (C=S) groups is 1. The van der Waals surface area contributed by atoms with Gasteiger partial charge in [-0.2, -0.15) is 0 Å². The summed E-state index contributed by atoms with van der Waals surface area (Å²) in [6.45, 7) is 2.20. The Morgan fingerprint density at radius 2 is 1.76 bits per heavy atom. The summed E-state index contributed by atoms with van der Waals surface area (Å²) in [6.07, 6.45) is 3.42. The normalized spacial score (nSPS) is 10.2. The Morgan fingerprint density at radius 1 is 1.05 bits per heavy atom. The van der Waals surface area contributed by atoms with Crippen LogP contribution in [-0.4, -0.2) is 5.11 Å². The Morgan fingerprint density at radius 3 is 2.48 bits per heavy atom. The van der Waals surface area contributed by atoms with Crippen molar-refractivity contribution >= 4 is 40.3 Å². The van der Waals surface area contributed by atoms with Gasteiger partial charge in [0.1, 0.15) is 0 Å². The van der Waals surface area contributed by atoms with Gasteiger partial charge < -0.3 is 10.6 Å². The number of anilines is 2. The van der Waals surface area contributed by atoms with Crippen LogP contribution in [0, 0.1) is 0 Å². The molecule has 0 heterocycles. The third-order valence-corrected chi connectivity index (χ3v) is 3.62. The minimum atomic E-state index is 0.585. The molecule has 21 heavy (non-hydrogen) atoms. The van der Waals surface area contributed by atoms with Gasteiger partial charge in [0.05, 0.1) is 0 Å². The lowest BCUT2D eigenvalue weighted by molar-refractivity contribution is 0.796. The number of rotatable bonds is 5. The van der Waals surface area contributed by atoms with Gasteiger partial charge in [-0.3, -0.25) is 0 Å². The van der Waals surface area contributed by atoms with E-state index in [0.717, 1.165) is 17.8 Å². The summed E-state index contributed by atoms with van der Waals surface area (Å²) in [5.41, 5.74) is 3.28. The van der Waals surface area contributed by atoms with Crippen LogP contribution in [0.1, 0.15) is 25.3 Å². The summed E-state index contributed by atoms with van der Waals surface area (Å²) in [6, 6.07) is 15.8. The molecule has 0 amide bonds. The highest BCUT2D eigenvalue weighted by molar-refractivity contribution is 7.80. The second kappa shape index (κ2) is 8.01. The van der Waals surface area contributed by atoms with Crippen LogP contribution in [0.3, 0.4) is 0 Å². The van der Waals surface area contributed by atoms with Crippen LogP contribution in [0.5, 0.6) is 0 Å². The van der Waals surface area contributed by atoms with Crippen molar-refractivity contribution in [2.75, 3.05) is 10.6 Å². The monoisotopic (exact) mass is 318 g/mol. The van der Waals surface area contributed by atoms with Gasteiger partial charge in [0.25, 0.3) is 0 Å². The van der Waals surface area contributed by atoms with Gasteiger partial charge in [-0.15, -0.1) is 0 Å². The first-order chi connectivity index (χ1) is 10.2.